The van der Waals surface area contributed by atoms with E-state index in [4.69, 9.17) is 4.74 Å². The van der Waals surface area contributed by atoms with E-state index in [0.29, 0.717) is 29.0 Å². The molecule has 5 nitrogen and oxygen atoms in total. The lowest BCUT2D eigenvalue weighted by atomic mass is 10.1. The molecule has 4 rings (SSSR count). The highest BCUT2D eigenvalue weighted by Crippen LogP contribution is 2.21. The highest BCUT2D eigenvalue weighted by Gasteiger charge is 2.20. The van der Waals surface area contributed by atoms with E-state index in [9.17, 15) is 9.59 Å². The Kier molecular flexibility index (Phi) is 8.34. The second-order valence-corrected chi connectivity index (χ2v) is 9.58. The molecule has 35 heavy (non-hydrogen) atoms. The van der Waals surface area contributed by atoms with Crippen LogP contribution >= 0.6 is 31.9 Å². The Labute approximate surface area is 220 Å². The van der Waals surface area contributed by atoms with Crippen LogP contribution in [0.2, 0.25) is 0 Å². The summed E-state index contributed by atoms with van der Waals surface area (Å²) in [5, 5.41) is 5.87. The fraction of sp³-hybridized carbons (Fsp3) is 0.0714. The van der Waals surface area contributed by atoms with Crippen LogP contribution in [0.25, 0.3) is 0 Å². The molecule has 0 saturated carbocycles. The van der Waals surface area contributed by atoms with Crippen molar-refractivity contribution in [1.82, 2.24) is 10.6 Å². The van der Waals surface area contributed by atoms with E-state index in [1.54, 1.807) is 36.4 Å². The molecular formula is C28H22Br2N2O3. The molecule has 176 valence electrons. The minimum Gasteiger partial charge on any atom is -0.489 e. The van der Waals surface area contributed by atoms with Crippen LogP contribution in [0, 0.1) is 0 Å². The van der Waals surface area contributed by atoms with Crippen LogP contribution in [0.4, 0.5) is 0 Å². The summed E-state index contributed by atoms with van der Waals surface area (Å²) in [5.74, 6) is -0.00680. The summed E-state index contributed by atoms with van der Waals surface area (Å²) < 4.78 is 7.53. The maximum Gasteiger partial charge on any atom is 0.253 e. The summed E-state index contributed by atoms with van der Waals surface area (Å²) in [7, 11) is 0. The normalized spacial score (nSPS) is 10.6. The van der Waals surface area contributed by atoms with Crippen molar-refractivity contribution >= 4 is 43.7 Å². The number of rotatable bonds is 8. The first-order valence-electron chi connectivity index (χ1n) is 10.9. The number of hydrogen-bond donors (Lipinski definition) is 2. The number of hydrogen-bond acceptors (Lipinski definition) is 3. The summed E-state index contributed by atoms with van der Waals surface area (Å²) in [6.07, 6.45) is -0.784. The molecule has 4 aromatic rings. The molecule has 0 aliphatic rings. The molecule has 4 aromatic carbocycles. The van der Waals surface area contributed by atoms with Gasteiger partial charge in [0.15, 0.2) is 0 Å². The molecule has 0 aliphatic heterocycles. The average molecular weight is 594 g/mol. The third-order valence-corrected chi connectivity index (χ3v) is 6.15. The molecule has 0 radical (unpaired) electrons. The fourth-order valence-electron chi connectivity index (χ4n) is 3.42. The van der Waals surface area contributed by atoms with Gasteiger partial charge in [-0.05, 0) is 59.7 Å². The van der Waals surface area contributed by atoms with Crippen molar-refractivity contribution in [3.63, 3.8) is 0 Å². The zero-order valence-corrected chi connectivity index (χ0v) is 21.8. The molecule has 7 heteroatoms. The smallest absolute Gasteiger partial charge is 0.253 e. The van der Waals surface area contributed by atoms with E-state index in [1.807, 2.05) is 66.7 Å². The molecule has 0 aromatic heterocycles. The largest absolute Gasteiger partial charge is 0.489 e. The molecule has 0 atom stereocenters. The number of nitrogens with one attached hydrogen (secondary N) is 2. The van der Waals surface area contributed by atoms with Gasteiger partial charge in [-0.25, -0.2) is 0 Å². The Bertz CT molecular complexity index is 1270. The quantitative estimate of drug-likeness (QED) is 0.225. The second kappa shape index (κ2) is 11.8. The number of benzene rings is 4. The lowest BCUT2D eigenvalue weighted by Crippen LogP contribution is -2.41. The van der Waals surface area contributed by atoms with Crippen molar-refractivity contribution in [3.05, 3.63) is 134 Å². The highest BCUT2D eigenvalue weighted by atomic mass is 79.9. The summed E-state index contributed by atoms with van der Waals surface area (Å²) >= 11 is 6.79. The Balaban J connectivity index is 1.57. The van der Waals surface area contributed by atoms with E-state index < -0.39 is 6.17 Å². The SMILES string of the molecule is O=C(NC(NC(=O)c1cccc(Br)c1)c1cccc(OCc2ccccc2)c1)c1cccc(Br)c1. The predicted octanol–water partition coefficient (Wildman–Crippen LogP) is 6.65. The maximum absolute atomic E-state index is 13.0. The van der Waals surface area contributed by atoms with E-state index in [1.165, 1.54) is 0 Å². The van der Waals surface area contributed by atoms with Crippen LogP contribution < -0.4 is 15.4 Å². The van der Waals surface area contributed by atoms with Gasteiger partial charge in [-0.15, -0.1) is 0 Å². The summed E-state index contributed by atoms with van der Waals surface area (Å²) in [6.45, 7) is 0.407. The van der Waals surface area contributed by atoms with Crippen molar-refractivity contribution < 1.29 is 14.3 Å². The Morgan fingerprint density at radius 3 is 1.83 bits per heavy atom. The van der Waals surface area contributed by atoms with E-state index in [2.05, 4.69) is 42.5 Å². The van der Waals surface area contributed by atoms with Gasteiger partial charge in [-0.3, -0.25) is 9.59 Å². The third-order valence-electron chi connectivity index (χ3n) is 5.16. The average Bonchev–Trinajstić information content (AvgIpc) is 2.88. The molecule has 0 spiro atoms. The molecule has 0 heterocycles. The molecule has 0 unspecified atom stereocenters. The molecule has 0 bridgehead atoms. The first kappa shape index (κ1) is 24.7. The number of halogens is 2. The lowest BCUT2D eigenvalue weighted by Gasteiger charge is -2.22. The molecule has 0 aliphatic carbocycles. The van der Waals surface area contributed by atoms with Crippen molar-refractivity contribution in [2.24, 2.45) is 0 Å². The standard InChI is InChI=1S/C28H22Br2N2O3/c29-23-12-4-10-21(15-23)27(33)31-26(32-28(34)22-11-5-13-24(30)16-22)20-9-6-14-25(17-20)35-18-19-7-2-1-3-8-19/h1-17,26H,18H2,(H,31,33)(H,32,34). The summed E-state index contributed by atoms with van der Waals surface area (Å²) in [4.78, 5) is 26.1. The molecule has 2 N–H and O–H groups in total. The van der Waals surface area contributed by atoms with Crippen molar-refractivity contribution in [2.45, 2.75) is 12.8 Å². The topological polar surface area (TPSA) is 67.4 Å². The number of carbonyl (C=O) groups is 2. The van der Waals surface area contributed by atoms with Crippen molar-refractivity contribution in [2.75, 3.05) is 0 Å². The van der Waals surface area contributed by atoms with Crippen LogP contribution in [-0.2, 0) is 6.61 Å². The van der Waals surface area contributed by atoms with Crippen LogP contribution in [-0.4, -0.2) is 11.8 Å². The predicted molar refractivity (Wildman–Crippen MR) is 143 cm³/mol. The van der Waals surface area contributed by atoms with Gasteiger partial charge in [0.25, 0.3) is 11.8 Å². The second-order valence-electron chi connectivity index (χ2n) is 7.75. The van der Waals surface area contributed by atoms with Gasteiger partial charge >= 0.3 is 0 Å². The number of amides is 2. The van der Waals surface area contributed by atoms with Gasteiger partial charge in [0.05, 0.1) is 0 Å². The third kappa shape index (κ3) is 7.04. The van der Waals surface area contributed by atoms with Crippen LogP contribution in [0.1, 0.15) is 38.0 Å². The Morgan fingerprint density at radius 1 is 0.686 bits per heavy atom. The zero-order valence-electron chi connectivity index (χ0n) is 18.6. The van der Waals surface area contributed by atoms with E-state index >= 15 is 0 Å². The summed E-state index contributed by atoms with van der Waals surface area (Å²) in [5.41, 5.74) is 2.66. The monoisotopic (exact) mass is 592 g/mol. The molecular weight excluding hydrogens is 572 g/mol. The van der Waals surface area contributed by atoms with Crippen LogP contribution in [0.5, 0.6) is 5.75 Å². The van der Waals surface area contributed by atoms with Crippen LogP contribution in [0.3, 0.4) is 0 Å². The maximum atomic E-state index is 13.0. The van der Waals surface area contributed by atoms with Gasteiger partial charge in [0.1, 0.15) is 18.5 Å². The Hall–Kier alpha value is -3.42. The van der Waals surface area contributed by atoms with Gasteiger partial charge < -0.3 is 15.4 Å². The summed E-state index contributed by atoms with van der Waals surface area (Å²) in [6, 6.07) is 31.3. The molecule has 0 saturated heterocycles. The number of carbonyl (C=O) groups excluding carboxylic acids is 2. The minimum absolute atomic E-state index is 0.318. The number of ether oxygens (including phenoxy) is 1. The van der Waals surface area contributed by atoms with E-state index in [0.717, 1.165) is 14.5 Å². The van der Waals surface area contributed by atoms with Crippen LogP contribution in [0.15, 0.2) is 112 Å². The van der Waals surface area contributed by atoms with Crippen molar-refractivity contribution in [1.29, 1.82) is 0 Å². The molecule has 2 amide bonds. The van der Waals surface area contributed by atoms with Gasteiger partial charge in [-0.1, -0.05) is 86.5 Å². The van der Waals surface area contributed by atoms with E-state index in [-0.39, 0.29) is 11.8 Å². The highest BCUT2D eigenvalue weighted by molar-refractivity contribution is 9.10. The first-order valence-corrected chi connectivity index (χ1v) is 12.5. The fourth-order valence-corrected chi connectivity index (χ4v) is 4.21. The molecule has 0 fully saturated rings. The van der Waals surface area contributed by atoms with Gasteiger partial charge in [0, 0.05) is 20.1 Å². The van der Waals surface area contributed by atoms with Gasteiger partial charge in [-0.2, -0.15) is 0 Å². The zero-order chi connectivity index (χ0) is 24.6. The minimum atomic E-state index is -0.784. The van der Waals surface area contributed by atoms with Gasteiger partial charge in [0.2, 0.25) is 0 Å². The lowest BCUT2D eigenvalue weighted by molar-refractivity contribution is 0.0883. The van der Waals surface area contributed by atoms with Crippen molar-refractivity contribution in [3.8, 4) is 5.75 Å². The first-order chi connectivity index (χ1) is 17.0. The Morgan fingerprint density at radius 2 is 1.26 bits per heavy atom.